The number of fused-ring (bicyclic) bond motifs is 1. The minimum absolute atomic E-state index is 0.200. The summed E-state index contributed by atoms with van der Waals surface area (Å²) in [5.41, 5.74) is 0.0604. The second-order valence-electron chi connectivity index (χ2n) is 11.3. The Hall–Kier alpha value is -0.193. The van der Waals surface area contributed by atoms with Crippen molar-refractivity contribution in [1.82, 2.24) is 0 Å². The molecule has 0 spiro atoms. The number of rotatable bonds is 10. The number of hydrogen-bond donors (Lipinski definition) is 0. The molecule has 2 rings (SSSR count). The van der Waals surface area contributed by atoms with Gasteiger partial charge in [0, 0.05) is 11.5 Å². The van der Waals surface area contributed by atoms with Crippen molar-refractivity contribution < 1.29 is 14.0 Å². The Morgan fingerprint density at radius 1 is 1.10 bits per heavy atom. The van der Waals surface area contributed by atoms with Gasteiger partial charge in [-0.1, -0.05) is 61.8 Å². The average Bonchev–Trinajstić information content (AvgIpc) is 3.03. The molecule has 29 heavy (non-hydrogen) atoms. The molecule has 170 valence electrons. The molecule has 4 heteroatoms. The van der Waals surface area contributed by atoms with Gasteiger partial charge in [-0.3, -0.25) is 4.79 Å². The Balaban J connectivity index is 2.01. The third-order valence-electron chi connectivity index (χ3n) is 8.61. The SMILES string of the molecule is CC[Si](CC)(CC)O[C@H]1CCC[C@]2(C)[C@@H]([C@H](C)COCC(=O)C(C)(C)C)CC[C@@H]12. The zero-order valence-electron chi connectivity index (χ0n) is 20.6. The van der Waals surface area contributed by atoms with E-state index in [1.807, 2.05) is 20.8 Å². The molecule has 5 atom stereocenters. The molecule has 2 aliphatic carbocycles. The molecule has 0 bridgehead atoms. The Morgan fingerprint density at radius 3 is 2.28 bits per heavy atom. The highest BCUT2D eigenvalue weighted by molar-refractivity contribution is 6.73. The second kappa shape index (κ2) is 9.95. The van der Waals surface area contributed by atoms with Crippen LogP contribution in [0, 0.1) is 28.6 Å². The highest BCUT2D eigenvalue weighted by Gasteiger charge is 2.54. The van der Waals surface area contributed by atoms with Crippen LogP contribution in [-0.2, 0) is 14.0 Å². The maximum atomic E-state index is 12.2. The topological polar surface area (TPSA) is 35.5 Å². The maximum Gasteiger partial charge on any atom is 0.192 e. The van der Waals surface area contributed by atoms with Gasteiger partial charge in [-0.2, -0.15) is 0 Å². The van der Waals surface area contributed by atoms with Gasteiger partial charge in [0.25, 0.3) is 0 Å². The minimum atomic E-state index is -1.56. The monoisotopic (exact) mass is 424 g/mol. The van der Waals surface area contributed by atoms with E-state index in [-0.39, 0.29) is 17.8 Å². The van der Waals surface area contributed by atoms with E-state index in [1.165, 1.54) is 50.2 Å². The van der Waals surface area contributed by atoms with Crippen LogP contribution in [-0.4, -0.2) is 33.4 Å². The van der Waals surface area contributed by atoms with Crippen molar-refractivity contribution in [3.63, 3.8) is 0 Å². The molecule has 0 radical (unpaired) electrons. The van der Waals surface area contributed by atoms with Crippen molar-refractivity contribution in [2.24, 2.45) is 28.6 Å². The molecule has 0 amide bonds. The first-order chi connectivity index (χ1) is 13.5. The fourth-order valence-corrected chi connectivity index (χ4v) is 9.15. The summed E-state index contributed by atoms with van der Waals surface area (Å²) in [5.74, 6) is 2.09. The number of hydrogen-bond acceptors (Lipinski definition) is 3. The molecule has 2 fully saturated rings. The third kappa shape index (κ3) is 5.54. The van der Waals surface area contributed by atoms with Crippen molar-refractivity contribution in [3.05, 3.63) is 0 Å². The zero-order valence-corrected chi connectivity index (χ0v) is 21.6. The third-order valence-corrected chi connectivity index (χ3v) is 13.3. The van der Waals surface area contributed by atoms with Gasteiger partial charge in [-0.05, 0) is 67.0 Å². The first kappa shape index (κ1) is 25.1. The van der Waals surface area contributed by atoms with E-state index >= 15 is 0 Å². The summed E-state index contributed by atoms with van der Waals surface area (Å²) in [5, 5.41) is 0. The highest BCUT2D eigenvalue weighted by atomic mass is 28.4. The molecule has 0 saturated heterocycles. The molecule has 0 aromatic carbocycles. The summed E-state index contributed by atoms with van der Waals surface area (Å²) in [6.45, 7) is 18.8. The van der Waals surface area contributed by atoms with E-state index in [0.29, 0.717) is 35.9 Å². The Labute approximate surface area is 181 Å². The number of ether oxygens (including phenoxy) is 1. The zero-order chi connectivity index (χ0) is 21.9. The molecule has 2 aliphatic rings. The smallest absolute Gasteiger partial charge is 0.192 e. The summed E-state index contributed by atoms with van der Waals surface area (Å²) < 4.78 is 13.0. The largest absolute Gasteiger partial charge is 0.414 e. The number of Topliss-reactive ketones (excluding diaryl/α,β-unsaturated/α-hetero) is 1. The molecule has 2 saturated carbocycles. The Kier molecular flexibility index (Phi) is 8.60. The van der Waals surface area contributed by atoms with E-state index in [2.05, 4.69) is 34.6 Å². The lowest BCUT2D eigenvalue weighted by Gasteiger charge is -2.48. The maximum absolute atomic E-state index is 12.2. The van der Waals surface area contributed by atoms with Crippen LogP contribution < -0.4 is 0 Å². The molecule has 3 nitrogen and oxygen atoms in total. The van der Waals surface area contributed by atoms with Crippen LogP contribution >= 0.6 is 0 Å². The van der Waals surface area contributed by atoms with Crippen molar-refractivity contribution in [2.45, 2.75) is 112 Å². The van der Waals surface area contributed by atoms with Crippen LogP contribution in [0.15, 0.2) is 0 Å². The summed E-state index contributed by atoms with van der Waals surface area (Å²) in [6, 6.07) is 3.74. The van der Waals surface area contributed by atoms with E-state index in [0.717, 1.165) is 0 Å². The Bertz CT molecular complexity index is 528. The van der Waals surface area contributed by atoms with Gasteiger partial charge in [0.1, 0.15) is 6.61 Å². The molecule has 0 aliphatic heterocycles. The number of ketones is 1. The summed E-state index contributed by atoms with van der Waals surface area (Å²) in [6.07, 6.45) is 6.95. The Morgan fingerprint density at radius 2 is 1.72 bits per heavy atom. The predicted octanol–water partition coefficient (Wildman–Crippen LogP) is 6.86. The van der Waals surface area contributed by atoms with Crippen LogP contribution in [0.5, 0.6) is 0 Å². The van der Waals surface area contributed by atoms with Crippen LogP contribution in [0.1, 0.15) is 87.5 Å². The van der Waals surface area contributed by atoms with Gasteiger partial charge in [0.05, 0.1) is 6.61 Å². The van der Waals surface area contributed by atoms with Crippen LogP contribution in [0.4, 0.5) is 0 Å². The van der Waals surface area contributed by atoms with Crippen molar-refractivity contribution in [1.29, 1.82) is 0 Å². The summed E-state index contributed by atoms with van der Waals surface area (Å²) in [7, 11) is -1.56. The quantitative estimate of drug-likeness (QED) is 0.359. The summed E-state index contributed by atoms with van der Waals surface area (Å²) >= 11 is 0. The molecule has 0 aromatic rings. The molecule has 0 aromatic heterocycles. The van der Waals surface area contributed by atoms with E-state index in [1.54, 1.807) is 0 Å². The van der Waals surface area contributed by atoms with E-state index in [9.17, 15) is 4.79 Å². The normalized spacial score (nSPS) is 31.5. The minimum Gasteiger partial charge on any atom is -0.414 e. The molecule has 0 N–H and O–H groups in total. The van der Waals surface area contributed by atoms with Crippen molar-refractivity contribution >= 4 is 14.1 Å². The highest BCUT2D eigenvalue weighted by Crippen LogP contribution is 2.58. The molecular weight excluding hydrogens is 376 g/mol. The second-order valence-corrected chi connectivity index (χ2v) is 16.0. The van der Waals surface area contributed by atoms with Crippen LogP contribution in [0.3, 0.4) is 0 Å². The molecular formula is C25H48O3Si. The van der Waals surface area contributed by atoms with Gasteiger partial charge in [-0.25, -0.2) is 0 Å². The van der Waals surface area contributed by atoms with Crippen molar-refractivity contribution in [2.75, 3.05) is 13.2 Å². The fourth-order valence-electron chi connectivity index (χ4n) is 6.23. The summed E-state index contributed by atoms with van der Waals surface area (Å²) in [4.78, 5) is 12.2. The van der Waals surface area contributed by atoms with Gasteiger partial charge in [-0.15, -0.1) is 0 Å². The lowest BCUT2D eigenvalue weighted by molar-refractivity contribution is -0.132. The van der Waals surface area contributed by atoms with E-state index < -0.39 is 8.32 Å². The van der Waals surface area contributed by atoms with Crippen molar-refractivity contribution in [3.8, 4) is 0 Å². The van der Waals surface area contributed by atoms with Gasteiger partial charge >= 0.3 is 0 Å². The number of carbonyl (C=O) groups is 1. The van der Waals surface area contributed by atoms with Crippen LogP contribution in [0.25, 0.3) is 0 Å². The molecule has 0 heterocycles. The lowest BCUT2D eigenvalue weighted by atomic mass is 9.62. The van der Waals surface area contributed by atoms with Gasteiger partial charge in [0.2, 0.25) is 0 Å². The fraction of sp³-hybridized carbons (Fsp3) is 0.960. The lowest BCUT2D eigenvalue weighted by Crippen LogP contribution is -2.48. The van der Waals surface area contributed by atoms with E-state index in [4.69, 9.17) is 9.16 Å². The van der Waals surface area contributed by atoms with Gasteiger partial charge < -0.3 is 9.16 Å². The van der Waals surface area contributed by atoms with Crippen LogP contribution in [0.2, 0.25) is 18.1 Å². The van der Waals surface area contributed by atoms with Gasteiger partial charge in [0.15, 0.2) is 14.1 Å². The number of carbonyl (C=O) groups excluding carboxylic acids is 1. The standard InChI is InChI=1S/C25H48O3Si/c1-9-29(10-2,11-3)28-22-13-12-16-25(8)20(14-15-21(22)25)19(4)17-27-18-23(26)24(5,6)7/h19-22H,9-18H2,1-8H3/t19-,20-,21+,22+,25-/m1/s1. The molecule has 0 unspecified atom stereocenters. The first-order valence-electron chi connectivity index (χ1n) is 12.3. The first-order valence-corrected chi connectivity index (χ1v) is 14.8. The predicted molar refractivity (Wildman–Crippen MR) is 125 cm³/mol. The average molecular weight is 425 g/mol.